The van der Waals surface area contributed by atoms with Crippen molar-refractivity contribution in [2.24, 2.45) is 0 Å². The van der Waals surface area contributed by atoms with Crippen molar-refractivity contribution in [1.82, 2.24) is 5.32 Å². The number of ether oxygens (including phenoxy) is 2. The van der Waals surface area contributed by atoms with Gasteiger partial charge in [-0.3, -0.25) is 0 Å². The molecular formula is C14H17NO4. The highest BCUT2D eigenvalue weighted by Gasteiger charge is 2.14. The van der Waals surface area contributed by atoms with E-state index in [1.54, 1.807) is 6.07 Å². The number of hydrogen-bond donors (Lipinski definition) is 2. The van der Waals surface area contributed by atoms with Crippen LogP contribution in [0.15, 0.2) is 12.1 Å². The molecule has 5 nitrogen and oxygen atoms in total. The van der Waals surface area contributed by atoms with Crippen molar-refractivity contribution in [2.45, 2.75) is 6.42 Å². The first-order valence-corrected chi connectivity index (χ1v) is 5.76. The van der Waals surface area contributed by atoms with Gasteiger partial charge in [0.15, 0.2) is 11.5 Å². The molecule has 0 aromatic heterocycles. The first-order valence-electron chi connectivity index (χ1n) is 5.76. The molecule has 0 atom stereocenters. The van der Waals surface area contributed by atoms with Gasteiger partial charge in [0.1, 0.15) is 0 Å². The number of benzene rings is 1. The molecule has 19 heavy (non-hydrogen) atoms. The van der Waals surface area contributed by atoms with Crippen molar-refractivity contribution in [3.05, 3.63) is 23.3 Å². The molecule has 0 aliphatic rings. The molecule has 0 saturated heterocycles. The van der Waals surface area contributed by atoms with Crippen molar-refractivity contribution in [1.29, 1.82) is 0 Å². The largest absolute Gasteiger partial charge is 0.493 e. The highest BCUT2D eigenvalue weighted by Crippen LogP contribution is 2.30. The molecule has 0 amide bonds. The molecule has 0 saturated carbocycles. The van der Waals surface area contributed by atoms with Crippen LogP contribution in [0.25, 0.3) is 0 Å². The Bertz CT molecular complexity index is 514. The average Bonchev–Trinajstić information content (AvgIpc) is 2.42. The van der Waals surface area contributed by atoms with Crippen LogP contribution < -0.4 is 14.8 Å². The highest BCUT2D eigenvalue weighted by atomic mass is 16.5. The second-order valence-electron chi connectivity index (χ2n) is 3.71. The molecule has 102 valence electrons. The maximum absolute atomic E-state index is 11.2. The van der Waals surface area contributed by atoms with Crippen LogP contribution in [0.2, 0.25) is 0 Å². The molecule has 1 aromatic rings. The smallest absolute Gasteiger partial charge is 0.337 e. The molecule has 0 aliphatic heterocycles. The minimum Gasteiger partial charge on any atom is -0.493 e. The first-order chi connectivity index (χ1) is 9.13. The van der Waals surface area contributed by atoms with Gasteiger partial charge in [0.2, 0.25) is 0 Å². The fraction of sp³-hybridized carbons (Fsp3) is 0.357. The fourth-order valence-electron chi connectivity index (χ4n) is 1.50. The van der Waals surface area contributed by atoms with E-state index in [4.69, 9.17) is 9.47 Å². The van der Waals surface area contributed by atoms with Gasteiger partial charge < -0.3 is 19.9 Å². The number of rotatable bonds is 5. The van der Waals surface area contributed by atoms with Gasteiger partial charge in [-0.1, -0.05) is 11.8 Å². The fourth-order valence-corrected chi connectivity index (χ4v) is 1.50. The summed E-state index contributed by atoms with van der Waals surface area (Å²) in [7, 11) is 4.79. The lowest BCUT2D eigenvalue weighted by atomic mass is 10.1. The lowest BCUT2D eigenvalue weighted by Gasteiger charge is -2.09. The Labute approximate surface area is 112 Å². The summed E-state index contributed by atoms with van der Waals surface area (Å²) >= 11 is 0. The molecule has 2 N–H and O–H groups in total. The molecule has 5 heteroatoms. The summed E-state index contributed by atoms with van der Waals surface area (Å²) in [4.78, 5) is 11.2. The monoisotopic (exact) mass is 263 g/mol. The quantitative estimate of drug-likeness (QED) is 0.620. The van der Waals surface area contributed by atoms with Crippen molar-refractivity contribution < 1.29 is 19.4 Å². The zero-order valence-corrected chi connectivity index (χ0v) is 11.2. The standard InChI is InChI=1S/C14H17NO4/c1-15-7-5-4-6-10-8-12(18-2)13(19-3)9-11(10)14(16)17/h8-9,15H,5,7H2,1-3H3,(H,16,17). The number of aromatic carboxylic acids is 1. The van der Waals surface area contributed by atoms with Crippen LogP contribution in [-0.4, -0.2) is 38.9 Å². The number of carboxylic acid groups (broad SMARTS) is 1. The number of carbonyl (C=O) groups is 1. The zero-order chi connectivity index (χ0) is 14.3. The highest BCUT2D eigenvalue weighted by molar-refractivity contribution is 5.91. The second kappa shape index (κ2) is 7.29. The van der Waals surface area contributed by atoms with Crippen LogP contribution >= 0.6 is 0 Å². The summed E-state index contributed by atoms with van der Waals surface area (Å²) in [6.07, 6.45) is 0.643. The van der Waals surface area contributed by atoms with E-state index in [-0.39, 0.29) is 5.56 Å². The third-order valence-corrected chi connectivity index (χ3v) is 2.48. The predicted molar refractivity (Wildman–Crippen MR) is 71.9 cm³/mol. The molecule has 0 bridgehead atoms. The third-order valence-electron chi connectivity index (χ3n) is 2.48. The Balaban J connectivity index is 3.18. The molecular weight excluding hydrogens is 246 g/mol. The lowest BCUT2D eigenvalue weighted by Crippen LogP contribution is -2.06. The number of nitrogens with one attached hydrogen (secondary N) is 1. The van der Waals surface area contributed by atoms with Crippen LogP contribution in [0.1, 0.15) is 22.3 Å². The molecule has 0 spiro atoms. The molecule has 0 unspecified atom stereocenters. The molecule has 1 rings (SSSR count). The normalized spacial score (nSPS) is 9.42. The third kappa shape index (κ3) is 3.90. The van der Waals surface area contributed by atoms with E-state index in [0.29, 0.717) is 23.5 Å². The van der Waals surface area contributed by atoms with Gasteiger partial charge in [-0.05, 0) is 13.1 Å². The van der Waals surface area contributed by atoms with Gasteiger partial charge in [-0.25, -0.2) is 4.79 Å². The van der Waals surface area contributed by atoms with Crippen LogP contribution in [-0.2, 0) is 0 Å². The SMILES string of the molecule is CNCCC#Cc1cc(OC)c(OC)cc1C(=O)O. The van der Waals surface area contributed by atoms with Crippen LogP contribution in [0, 0.1) is 11.8 Å². The molecule has 0 aliphatic carbocycles. The Kier molecular flexibility index (Phi) is 5.71. The minimum atomic E-state index is -1.04. The van der Waals surface area contributed by atoms with Gasteiger partial charge in [0.25, 0.3) is 0 Å². The van der Waals surface area contributed by atoms with Crippen molar-refractivity contribution in [3.63, 3.8) is 0 Å². The van der Waals surface area contributed by atoms with Crippen molar-refractivity contribution in [3.8, 4) is 23.3 Å². The Morgan fingerprint density at radius 2 is 1.95 bits per heavy atom. The topological polar surface area (TPSA) is 67.8 Å². The number of methoxy groups -OCH3 is 2. The van der Waals surface area contributed by atoms with Gasteiger partial charge in [-0.15, -0.1) is 0 Å². The predicted octanol–water partition coefficient (Wildman–Crippen LogP) is 1.36. The minimum absolute atomic E-state index is 0.106. The Hall–Kier alpha value is -2.19. The average molecular weight is 263 g/mol. The summed E-state index contributed by atoms with van der Waals surface area (Å²) in [5.41, 5.74) is 0.524. The van der Waals surface area contributed by atoms with Gasteiger partial charge >= 0.3 is 5.97 Å². The molecule has 0 heterocycles. The van der Waals surface area contributed by atoms with Crippen molar-refractivity contribution in [2.75, 3.05) is 27.8 Å². The number of carboxylic acids is 1. The van der Waals surface area contributed by atoms with E-state index >= 15 is 0 Å². The Morgan fingerprint density at radius 1 is 1.32 bits per heavy atom. The summed E-state index contributed by atoms with van der Waals surface area (Å²) < 4.78 is 10.2. The zero-order valence-electron chi connectivity index (χ0n) is 11.2. The van der Waals surface area contributed by atoms with Crippen LogP contribution in [0.4, 0.5) is 0 Å². The molecule has 0 fully saturated rings. The van der Waals surface area contributed by atoms with E-state index in [2.05, 4.69) is 17.2 Å². The van der Waals surface area contributed by atoms with Gasteiger partial charge in [0.05, 0.1) is 19.8 Å². The first kappa shape index (κ1) is 14.9. The van der Waals surface area contributed by atoms with Gasteiger partial charge in [0, 0.05) is 24.6 Å². The van der Waals surface area contributed by atoms with Crippen molar-refractivity contribution >= 4 is 5.97 Å². The molecule has 0 radical (unpaired) electrons. The summed E-state index contributed by atoms with van der Waals surface area (Å²) in [6.45, 7) is 0.753. The second-order valence-corrected chi connectivity index (χ2v) is 3.71. The number of hydrogen-bond acceptors (Lipinski definition) is 4. The van der Waals surface area contributed by atoms with E-state index in [1.807, 2.05) is 7.05 Å². The van der Waals surface area contributed by atoms with E-state index in [1.165, 1.54) is 20.3 Å². The van der Waals surface area contributed by atoms with E-state index in [0.717, 1.165) is 6.54 Å². The van der Waals surface area contributed by atoms with E-state index < -0.39 is 5.97 Å². The van der Waals surface area contributed by atoms with E-state index in [9.17, 15) is 9.90 Å². The maximum Gasteiger partial charge on any atom is 0.337 e. The van der Waals surface area contributed by atoms with Crippen LogP contribution in [0.3, 0.4) is 0 Å². The summed E-state index contributed by atoms with van der Waals surface area (Å²) in [6, 6.07) is 3.00. The van der Waals surface area contributed by atoms with Gasteiger partial charge in [-0.2, -0.15) is 0 Å². The maximum atomic E-state index is 11.2. The Morgan fingerprint density at radius 3 is 2.47 bits per heavy atom. The summed E-state index contributed by atoms with van der Waals surface area (Å²) in [5, 5.41) is 12.1. The van der Waals surface area contributed by atoms with Crippen LogP contribution in [0.5, 0.6) is 11.5 Å². The summed E-state index contributed by atoms with van der Waals surface area (Å²) in [5.74, 6) is 5.56. The molecule has 1 aromatic carbocycles. The lowest BCUT2D eigenvalue weighted by molar-refractivity contribution is 0.0696.